The number of hydrogen-bond donors (Lipinski definition) is 0. The molecular formula is C9H4Cl2IN. The summed E-state index contributed by atoms with van der Waals surface area (Å²) in [6.45, 7) is 0. The van der Waals surface area contributed by atoms with Gasteiger partial charge in [-0.2, -0.15) is 0 Å². The van der Waals surface area contributed by atoms with Crippen molar-refractivity contribution in [3.05, 3.63) is 38.1 Å². The molecule has 66 valence electrons. The first-order valence-electron chi connectivity index (χ1n) is 3.57. The third kappa shape index (κ3) is 1.75. The highest BCUT2D eigenvalue weighted by atomic mass is 127. The number of rotatable bonds is 0. The summed E-state index contributed by atoms with van der Waals surface area (Å²) < 4.78 is 1.06. The summed E-state index contributed by atoms with van der Waals surface area (Å²) in [5, 5.41) is 3.29. The number of aromatic nitrogens is 1. The van der Waals surface area contributed by atoms with Crippen LogP contribution in [0.15, 0.2) is 24.5 Å². The molecule has 1 nitrogen and oxygen atoms in total. The monoisotopic (exact) mass is 323 g/mol. The first-order valence-corrected chi connectivity index (χ1v) is 5.40. The third-order valence-electron chi connectivity index (χ3n) is 1.74. The van der Waals surface area contributed by atoms with Crippen LogP contribution in [0.25, 0.3) is 10.8 Å². The molecule has 0 saturated heterocycles. The number of benzene rings is 1. The van der Waals surface area contributed by atoms with Crippen molar-refractivity contribution < 1.29 is 0 Å². The van der Waals surface area contributed by atoms with Gasteiger partial charge < -0.3 is 0 Å². The minimum atomic E-state index is 0.647. The quantitative estimate of drug-likeness (QED) is 0.664. The Kier molecular flexibility index (Phi) is 2.62. The summed E-state index contributed by atoms with van der Waals surface area (Å²) in [7, 11) is 0. The van der Waals surface area contributed by atoms with Gasteiger partial charge in [-0.05, 0) is 34.7 Å². The molecule has 0 bridgehead atoms. The summed E-state index contributed by atoms with van der Waals surface area (Å²) in [5.74, 6) is 0. The maximum Gasteiger partial charge on any atom is 0.0515 e. The van der Waals surface area contributed by atoms with Crippen molar-refractivity contribution in [1.82, 2.24) is 4.98 Å². The lowest BCUT2D eigenvalue weighted by Gasteiger charge is -2.02. The maximum atomic E-state index is 6.01. The van der Waals surface area contributed by atoms with Gasteiger partial charge in [0.2, 0.25) is 0 Å². The van der Waals surface area contributed by atoms with Gasteiger partial charge in [-0.3, -0.25) is 4.98 Å². The molecule has 0 unspecified atom stereocenters. The van der Waals surface area contributed by atoms with Crippen LogP contribution in [0, 0.1) is 3.57 Å². The Hall–Kier alpha value is -0.0600. The Morgan fingerprint density at radius 1 is 1.08 bits per heavy atom. The number of hydrogen-bond acceptors (Lipinski definition) is 1. The average molecular weight is 324 g/mol. The second-order valence-electron chi connectivity index (χ2n) is 2.60. The Morgan fingerprint density at radius 3 is 2.62 bits per heavy atom. The highest BCUT2D eigenvalue weighted by molar-refractivity contribution is 14.1. The Labute approximate surface area is 99.2 Å². The molecule has 0 aliphatic rings. The highest BCUT2D eigenvalue weighted by Gasteiger charge is 2.03. The van der Waals surface area contributed by atoms with Gasteiger partial charge in [0.15, 0.2) is 0 Å². The summed E-state index contributed by atoms with van der Waals surface area (Å²) in [6, 6.07) is 3.62. The lowest BCUT2D eigenvalue weighted by molar-refractivity contribution is 1.35. The molecular weight excluding hydrogens is 320 g/mol. The van der Waals surface area contributed by atoms with Gasteiger partial charge in [0.05, 0.1) is 5.02 Å². The summed E-state index contributed by atoms with van der Waals surface area (Å²) in [5.41, 5.74) is 0. The molecule has 0 radical (unpaired) electrons. The van der Waals surface area contributed by atoms with Gasteiger partial charge in [0, 0.05) is 31.8 Å². The van der Waals surface area contributed by atoms with Crippen LogP contribution >= 0.6 is 45.8 Å². The minimum absolute atomic E-state index is 0.647. The summed E-state index contributed by atoms with van der Waals surface area (Å²) in [6.07, 6.45) is 3.53. The van der Waals surface area contributed by atoms with Gasteiger partial charge in [-0.25, -0.2) is 0 Å². The van der Waals surface area contributed by atoms with E-state index < -0.39 is 0 Å². The van der Waals surface area contributed by atoms with Crippen molar-refractivity contribution in [2.75, 3.05) is 0 Å². The molecule has 4 heteroatoms. The van der Waals surface area contributed by atoms with E-state index in [2.05, 4.69) is 27.6 Å². The van der Waals surface area contributed by atoms with Gasteiger partial charge in [-0.1, -0.05) is 23.2 Å². The second-order valence-corrected chi connectivity index (χ2v) is 4.61. The molecule has 1 aromatic heterocycles. The maximum absolute atomic E-state index is 6.01. The van der Waals surface area contributed by atoms with E-state index in [1.807, 2.05) is 6.07 Å². The smallest absolute Gasteiger partial charge is 0.0515 e. The second kappa shape index (κ2) is 3.59. The van der Waals surface area contributed by atoms with Crippen molar-refractivity contribution in [3.8, 4) is 0 Å². The molecule has 0 spiro atoms. The van der Waals surface area contributed by atoms with Gasteiger partial charge in [0.1, 0.15) is 0 Å². The van der Waals surface area contributed by atoms with Crippen molar-refractivity contribution >= 4 is 56.6 Å². The molecule has 1 aromatic carbocycles. The normalized spacial score (nSPS) is 10.7. The van der Waals surface area contributed by atoms with E-state index >= 15 is 0 Å². The zero-order chi connectivity index (χ0) is 9.42. The molecule has 2 aromatic rings. The molecule has 2 rings (SSSR count). The van der Waals surface area contributed by atoms with Crippen LogP contribution in [0.4, 0.5) is 0 Å². The topological polar surface area (TPSA) is 12.9 Å². The molecule has 0 aliphatic heterocycles. The number of nitrogens with zero attached hydrogens (tertiary/aromatic N) is 1. The molecule has 0 amide bonds. The van der Waals surface area contributed by atoms with E-state index in [4.69, 9.17) is 23.2 Å². The van der Waals surface area contributed by atoms with Gasteiger partial charge in [-0.15, -0.1) is 0 Å². The Morgan fingerprint density at radius 2 is 1.85 bits per heavy atom. The molecule has 0 aliphatic carbocycles. The number of halogens is 3. The van der Waals surface area contributed by atoms with Crippen LogP contribution in [-0.4, -0.2) is 4.98 Å². The van der Waals surface area contributed by atoms with Gasteiger partial charge in [0.25, 0.3) is 0 Å². The fourth-order valence-electron chi connectivity index (χ4n) is 1.16. The standard InChI is InChI=1S/C9H4Cl2IN/c10-5-1-6-7(8(11)2-5)3-13-4-9(6)12/h1-4H. The van der Waals surface area contributed by atoms with Crippen molar-refractivity contribution in [1.29, 1.82) is 0 Å². The summed E-state index contributed by atoms with van der Waals surface area (Å²) in [4.78, 5) is 4.07. The number of pyridine rings is 1. The third-order valence-corrected chi connectivity index (χ3v) is 3.13. The SMILES string of the molecule is Clc1cc(Cl)c2cncc(I)c2c1. The molecule has 13 heavy (non-hydrogen) atoms. The van der Waals surface area contributed by atoms with E-state index in [1.165, 1.54) is 0 Å². The molecule has 0 saturated carbocycles. The van der Waals surface area contributed by atoms with Crippen LogP contribution < -0.4 is 0 Å². The van der Waals surface area contributed by atoms with Crippen LogP contribution in [0.5, 0.6) is 0 Å². The fourth-order valence-corrected chi connectivity index (χ4v) is 2.31. The zero-order valence-corrected chi connectivity index (χ0v) is 10.1. The Balaban J connectivity index is 2.94. The summed E-state index contributed by atoms with van der Waals surface area (Å²) >= 11 is 14.1. The van der Waals surface area contributed by atoms with Crippen molar-refractivity contribution in [2.45, 2.75) is 0 Å². The Bertz CT molecular complexity index is 470. The molecule has 0 fully saturated rings. The van der Waals surface area contributed by atoms with Crippen LogP contribution in [0.2, 0.25) is 10.0 Å². The largest absolute Gasteiger partial charge is 0.263 e. The van der Waals surface area contributed by atoms with Crippen LogP contribution in [0.3, 0.4) is 0 Å². The lowest BCUT2D eigenvalue weighted by Crippen LogP contribution is -1.82. The fraction of sp³-hybridized carbons (Fsp3) is 0. The van der Waals surface area contributed by atoms with Crippen LogP contribution in [0.1, 0.15) is 0 Å². The van der Waals surface area contributed by atoms with E-state index in [9.17, 15) is 0 Å². The molecule has 0 atom stereocenters. The molecule has 0 N–H and O–H groups in total. The van der Waals surface area contributed by atoms with E-state index in [0.29, 0.717) is 10.0 Å². The first kappa shape index (κ1) is 9.49. The predicted octanol–water partition coefficient (Wildman–Crippen LogP) is 4.15. The number of fused-ring (bicyclic) bond motifs is 1. The van der Waals surface area contributed by atoms with E-state index in [0.717, 1.165) is 14.3 Å². The van der Waals surface area contributed by atoms with Gasteiger partial charge >= 0.3 is 0 Å². The first-order chi connectivity index (χ1) is 6.18. The average Bonchev–Trinajstić information content (AvgIpc) is 2.07. The predicted molar refractivity (Wildman–Crippen MR) is 64.5 cm³/mol. The minimum Gasteiger partial charge on any atom is -0.263 e. The van der Waals surface area contributed by atoms with E-state index in [-0.39, 0.29) is 0 Å². The molecule has 1 heterocycles. The highest BCUT2D eigenvalue weighted by Crippen LogP contribution is 2.29. The van der Waals surface area contributed by atoms with Crippen molar-refractivity contribution in [3.63, 3.8) is 0 Å². The van der Waals surface area contributed by atoms with Crippen molar-refractivity contribution in [2.24, 2.45) is 0 Å². The zero-order valence-electron chi connectivity index (χ0n) is 6.39. The van der Waals surface area contributed by atoms with E-state index in [1.54, 1.807) is 18.5 Å². The lowest BCUT2D eigenvalue weighted by atomic mass is 10.2. The van der Waals surface area contributed by atoms with Crippen LogP contribution in [-0.2, 0) is 0 Å².